The molecule has 1 heterocycles. The van der Waals surface area contributed by atoms with Crippen LogP contribution in [0.3, 0.4) is 0 Å². The van der Waals surface area contributed by atoms with Crippen molar-refractivity contribution in [2.45, 2.75) is 25.7 Å². The van der Waals surface area contributed by atoms with E-state index in [1.165, 1.54) is 12.8 Å². The first kappa shape index (κ1) is 20.0. The lowest BCUT2D eigenvalue weighted by molar-refractivity contribution is 0.0511. The summed E-state index contributed by atoms with van der Waals surface area (Å²) in [7, 11) is 1.73. The van der Waals surface area contributed by atoms with Gasteiger partial charge in [0.25, 0.3) is 5.91 Å². The summed E-state index contributed by atoms with van der Waals surface area (Å²) in [4.78, 5) is 12.7. The number of hydrogen-bond acceptors (Lipinski definition) is 4. The van der Waals surface area contributed by atoms with Crippen LogP contribution in [-0.2, 0) is 4.74 Å². The van der Waals surface area contributed by atoms with Crippen molar-refractivity contribution >= 4 is 18.3 Å². The average Bonchev–Trinajstić information content (AvgIpc) is 3.44. The second-order valence-corrected chi connectivity index (χ2v) is 7.12. The molecule has 1 saturated carbocycles. The Morgan fingerprint density at radius 1 is 1.28 bits per heavy atom. The van der Waals surface area contributed by atoms with Crippen molar-refractivity contribution in [3.63, 3.8) is 0 Å². The smallest absolute Gasteiger partial charge is 0.255 e. The van der Waals surface area contributed by atoms with Gasteiger partial charge in [0.05, 0.1) is 18.8 Å². The molecule has 6 heteroatoms. The Labute approximate surface area is 156 Å². The lowest BCUT2D eigenvalue weighted by Gasteiger charge is -2.37. The molecule has 140 valence electrons. The molecule has 25 heavy (non-hydrogen) atoms. The van der Waals surface area contributed by atoms with Crippen molar-refractivity contribution in [1.82, 2.24) is 10.6 Å². The first-order valence-corrected chi connectivity index (χ1v) is 8.92. The first-order valence-electron chi connectivity index (χ1n) is 8.92. The quantitative estimate of drug-likeness (QED) is 0.740. The van der Waals surface area contributed by atoms with Crippen LogP contribution in [0.15, 0.2) is 24.3 Å². The van der Waals surface area contributed by atoms with Gasteiger partial charge >= 0.3 is 0 Å². The van der Waals surface area contributed by atoms with E-state index >= 15 is 0 Å². The van der Waals surface area contributed by atoms with Gasteiger partial charge < -0.3 is 20.1 Å². The number of piperidine rings is 1. The number of rotatable bonds is 8. The molecule has 1 aromatic carbocycles. The number of halogens is 1. The molecule has 0 aromatic heterocycles. The van der Waals surface area contributed by atoms with Crippen molar-refractivity contribution in [2.24, 2.45) is 11.3 Å². The second-order valence-electron chi connectivity index (χ2n) is 7.12. The topological polar surface area (TPSA) is 59.6 Å². The fourth-order valence-electron chi connectivity index (χ4n) is 3.27. The van der Waals surface area contributed by atoms with E-state index in [-0.39, 0.29) is 23.7 Å². The minimum atomic E-state index is -0.0598. The third kappa shape index (κ3) is 5.59. The second kappa shape index (κ2) is 9.41. The Kier molecular flexibility index (Phi) is 7.54. The van der Waals surface area contributed by atoms with E-state index in [9.17, 15) is 4.79 Å². The van der Waals surface area contributed by atoms with Gasteiger partial charge in [-0.2, -0.15) is 0 Å². The van der Waals surface area contributed by atoms with Crippen LogP contribution >= 0.6 is 12.4 Å². The van der Waals surface area contributed by atoms with Gasteiger partial charge in [-0.25, -0.2) is 0 Å². The third-order valence-corrected chi connectivity index (χ3v) is 5.04. The summed E-state index contributed by atoms with van der Waals surface area (Å²) in [5, 5.41) is 6.48. The summed E-state index contributed by atoms with van der Waals surface area (Å²) < 4.78 is 11.3. The minimum Gasteiger partial charge on any atom is -0.492 e. The number of carbonyl (C=O) groups is 1. The highest BCUT2D eigenvalue weighted by atomic mass is 35.5. The number of para-hydroxylation sites is 1. The predicted octanol–water partition coefficient (Wildman–Crippen LogP) is 2.64. The molecule has 5 nitrogen and oxygen atoms in total. The maximum absolute atomic E-state index is 12.7. The van der Waals surface area contributed by atoms with Gasteiger partial charge in [-0.05, 0) is 56.8 Å². The van der Waals surface area contributed by atoms with Crippen molar-refractivity contribution in [3.8, 4) is 5.75 Å². The van der Waals surface area contributed by atoms with Crippen molar-refractivity contribution < 1.29 is 14.3 Å². The molecule has 0 radical (unpaired) electrons. The SMILES string of the molecule is COCC1(CNC(=O)c2ccccc2OCC2CC2)CCNCC1.Cl. The third-order valence-electron chi connectivity index (χ3n) is 5.04. The van der Waals surface area contributed by atoms with E-state index in [0.717, 1.165) is 25.9 Å². The number of methoxy groups -OCH3 is 1. The maximum atomic E-state index is 12.7. The van der Waals surface area contributed by atoms with Gasteiger partial charge in [-0.3, -0.25) is 4.79 Å². The van der Waals surface area contributed by atoms with Crippen LogP contribution in [0.1, 0.15) is 36.0 Å². The number of carbonyl (C=O) groups excluding carboxylic acids is 1. The Balaban J connectivity index is 0.00000225. The number of hydrogen-bond donors (Lipinski definition) is 2. The van der Waals surface area contributed by atoms with Crippen LogP contribution in [0.5, 0.6) is 5.75 Å². The van der Waals surface area contributed by atoms with Crippen LogP contribution < -0.4 is 15.4 Å². The van der Waals surface area contributed by atoms with E-state index in [1.807, 2.05) is 24.3 Å². The van der Waals surface area contributed by atoms with Crippen LogP contribution in [0.4, 0.5) is 0 Å². The summed E-state index contributed by atoms with van der Waals surface area (Å²) in [6, 6.07) is 7.52. The van der Waals surface area contributed by atoms with Crippen molar-refractivity contribution in [3.05, 3.63) is 29.8 Å². The van der Waals surface area contributed by atoms with E-state index < -0.39 is 0 Å². The van der Waals surface area contributed by atoms with E-state index in [4.69, 9.17) is 9.47 Å². The molecule has 1 aliphatic heterocycles. The summed E-state index contributed by atoms with van der Waals surface area (Å²) >= 11 is 0. The molecule has 3 rings (SSSR count). The van der Waals surface area contributed by atoms with Crippen LogP contribution in [0.25, 0.3) is 0 Å². The fraction of sp³-hybridized carbons (Fsp3) is 0.632. The highest BCUT2D eigenvalue weighted by Crippen LogP contribution is 2.31. The molecule has 1 aromatic rings. The van der Waals surface area contributed by atoms with Crippen molar-refractivity contribution in [1.29, 1.82) is 0 Å². The zero-order valence-corrected chi connectivity index (χ0v) is 15.7. The molecular formula is C19H29ClN2O3. The monoisotopic (exact) mass is 368 g/mol. The highest BCUT2D eigenvalue weighted by Gasteiger charge is 2.33. The molecule has 1 aliphatic carbocycles. The Morgan fingerprint density at radius 3 is 2.68 bits per heavy atom. The summed E-state index contributed by atoms with van der Waals surface area (Å²) in [5.74, 6) is 1.30. The zero-order chi connectivity index (χ0) is 16.8. The van der Waals surface area contributed by atoms with Crippen LogP contribution in [0.2, 0.25) is 0 Å². The molecule has 0 unspecified atom stereocenters. The number of ether oxygens (including phenoxy) is 2. The lowest BCUT2D eigenvalue weighted by atomic mass is 9.79. The van der Waals surface area contributed by atoms with E-state index in [0.29, 0.717) is 37.0 Å². The Bertz CT molecular complexity index is 552. The van der Waals surface area contributed by atoms with Gasteiger partial charge in [-0.15, -0.1) is 12.4 Å². The average molecular weight is 369 g/mol. The molecule has 1 amide bonds. The molecule has 0 atom stereocenters. The number of amides is 1. The standard InChI is InChI=1S/C19H28N2O3.ClH/c1-23-14-19(8-10-20-11-9-19)13-21-18(22)16-4-2-3-5-17(16)24-12-15-6-7-15;/h2-5,15,20H,6-14H2,1H3,(H,21,22);1H. The van der Waals surface area contributed by atoms with Gasteiger partial charge in [0, 0.05) is 19.1 Å². The molecule has 1 saturated heterocycles. The maximum Gasteiger partial charge on any atom is 0.255 e. The van der Waals surface area contributed by atoms with E-state index in [2.05, 4.69) is 10.6 Å². The number of benzene rings is 1. The van der Waals surface area contributed by atoms with Gasteiger partial charge in [0.15, 0.2) is 0 Å². The summed E-state index contributed by atoms with van der Waals surface area (Å²) in [6.45, 7) is 3.97. The fourth-order valence-corrected chi connectivity index (χ4v) is 3.27. The lowest BCUT2D eigenvalue weighted by Crippen LogP contribution is -2.47. The highest BCUT2D eigenvalue weighted by molar-refractivity contribution is 5.96. The van der Waals surface area contributed by atoms with Crippen LogP contribution in [0, 0.1) is 11.3 Å². The van der Waals surface area contributed by atoms with E-state index in [1.54, 1.807) is 7.11 Å². The minimum absolute atomic E-state index is 0. The number of nitrogens with one attached hydrogen (secondary N) is 2. The normalized spacial score (nSPS) is 18.9. The molecular weight excluding hydrogens is 340 g/mol. The van der Waals surface area contributed by atoms with Gasteiger partial charge in [0.2, 0.25) is 0 Å². The molecule has 0 bridgehead atoms. The van der Waals surface area contributed by atoms with Crippen molar-refractivity contribution in [2.75, 3.05) is 40.0 Å². The predicted molar refractivity (Wildman–Crippen MR) is 101 cm³/mol. The molecule has 2 fully saturated rings. The zero-order valence-electron chi connectivity index (χ0n) is 14.9. The largest absolute Gasteiger partial charge is 0.492 e. The van der Waals surface area contributed by atoms with Crippen LogP contribution in [-0.4, -0.2) is 45.9 Å². The summed E-state index contributed by atoms with van der Waals surface area (Å²) in [6.07, 6.45) is 4.51. The molecule has 0 spiro atoms. The van der Waals surface area contributed by atoms with Gasteiger partial charge in [0.1, 0.15) is 5.75 Å². The Morgan fingerprint density at radius 2 is 2.00 bits per heavy atom. The Hall–Kier alpha value is -1.30. The summed E-state index contributed by atoms with van der Waals surface area (Å²) in [5.41, 5.74) is 0.652. The molecule has 2 aliphatic rings. The van der Waals surface area contributed by atoms with Gasteiger partial charge in [-0.1, -0.05) is 12.1 Å². The first-order chi connectivity index (χ1) is 11.7. The molecule has 2 N–H and O–H groups in total.